The highest BCUT2D eigenvalue weighted by Crippen LogP contribution is 2.37. The zero-order chi connectivity index (χ0) is 28.3. The van der Waals surface area contributed by atoms with Crippen LogP contribution in [0.4, 0.5) is 26.3 Å². The third-order valence-corrected chi connectivity index (χ3v) is 5.65. The molecule has 0 bridgehead atoms. The Morgan fingerprint density at radius 2 is 1.55 bits per heavy atom. The molecule has 204 valence electrons. The Bertz CT molecular complexity index is 1270. The van der Waals surface area contributed by atoms with Gasteiger partial charge in [-0.3, -0.25) is 0 Å². The van der Waals surface area contributed by atoms with Crippen molar-refractivity contribution in [3.05, 3.63) is 76.0 Å². The average molecular weight is 541 g/mol. The summed E-state index contributed by atoms with van der Waals surface area (Å²) in [5.74, 6) is -1.39. The van der Waals surface area contributed by atoms with Crippen LogP contribution in [0.5, 0.6) is 6.01 Å². The number of benzene rings is 2. The van der Waals surface area contributed by atoms with E-state index in [1.165, 1.54) is 0 Å². The number of aryl methyl sites for hydroxylation is 3. The molecule has 0 aliphatic carbocycles. The molecule has 0 saturated carbocycles. The first-order chi connectivity index (χ1) is 17.7. The van der Waals surface area contributed by atoms with E-state index in [0.29, 0.717) is 29.8 Å². The summed E-state index contributed by atoms with van der Waals surface area (Å²) in [6, 6.07) is 7.97. The van der Waals surface area contributed by atoms with Gasteiger partial charge in [0.25, 0.3) is 0 Å². The lowest BCUT2D eigenvalue weighted by Gasteiger charge is -2.16. The van der Waals surface area contributed by atoms with Gasteiger partial charge in [0.05, 0.1) is 22.5 Å². The summed E-state index contributed by atoms with van der Waals surface area (Å²) in [4.78, 5) is 22.6. The highest BCUT2D eigenvalue weighted by Gasteiger charge is 2.37. The first-order valence-corrected chi connectivity index (χ1v) is 11.4. The highest BCUT2D eigenvalue weighted by atomic mass is 19.4. The molecule has 1 aromatic heterocycles. The van der Waals surface area contributed by atoms with E-state index in [2.05, 4.69) is 9.97 Å². The van der Waals surface area contributed by atoms with Gasteiger partial charge in [-0.1, -0.05) is 24.3 Å². The van der Waals surface area contributed by atoms with E-state index in [4.69, 9.17) is 4.74 Å². The fraction of sp³-hybridized carbons (Fsp3) is 0.346. The van der Waals surface area contributed by atoms with E-state index in [1.807, 2.05) is 19.0 Å². The van der Waals surface area contributed by atoms with Crippen molar-refractivity contribution in [1.29, 1.82) is 0 Å². The van der Waals surface area contributed by atoms with Crippen LogP contribution in [-0.4, -0.2) is 53.2 Å². The number of carboxylic acid groups (broad SMARTS) is 1. The van der Waals surface area contributed by atoms with Crippen molar-refractivity contribution in [1.82, 2.24) is 14.9 Å². The van der Waals surface area contributed by atoms with Crippen molar-refractivity contribution in [2.75, 3.05) is 27.2 Å². The van der Waals surface area contributed by atoms with Crippen LogP contribution in [0.1, 0.15) is 38.3 Å². The van der Waals surface area contributed by atoms with Crippen molar-refractivity contribution in [3.63, 3.8) is 0 Å². The minimum Gasteiger partial charge on any atom is -0.478 e. The lowest BCUT2D eigenvalue weighted by atomic mass is 9.96. The van der Waals surface area contributed by atoms with Gasteiger partial charge in [-0.25, -0.2) is 4.79 Å². The molecular weight excluding hydrogens is 516 g/mol. The van der Waals surface area contributed by atoms with E-state index >= 15 is 0 Å². The number of hydrogen-bond acceptors (Lipinski definition) is 5. The molecular formula is C26H25F6N3O3. The molecule has 1 N–H and O–H groups in total. The largest absolute Gasteiger partial charge is 0.478 e. The van der Waals surface area contributed by atoms with Gasteiger partial charge in [0.1, 0.15) is 12.2 Å². The highest BCUT2D eigenvalue weighted by molar-refractivity contribution is 5.96. The van der Waals surface area contributed by atoms with Crippen LogP contribution in [0.15, 0.2) is 42.5 Å². The Kier molecular flexibility index (Phi) is 8.65. The van der Waals surface area contributed by atoms with Gasteiger partial charge in [0, 0.05) is 12.1 Å². The maximum Gasteiger partial charge on any atom is 0.416 e. The van der Waals surface area contributed by atoms with Gasteiger partial charge in [0.2, 0.25) is 0 Å². The fourth-order valence-electron chi connectivity index (χ4n) is 3.73. The SMILES string of the molecule is Cc1ccccc1-c1nc(OCCN(C)C)nc(CCc2cc(C(F)(F)F)cc(C(F)(F)F)c2)c1C(=O)O. The van der Waals surface area contributed by atoms with Crippen molar-refractivity contribution in [3.8, 4) is 17.3 Å². The molecule has 0 saturated heterocycles. The summed E-state index contributed by atoms with van der Waals surface area (Å²) < 4.78 is 85.4. The molecule has 0 radical (unpaired) electrons. The predicted molar refractivity (Wildman–Crippen MR) is 127 cm³/mol. The van der Waals surface area contributed by atoms with Crippen molar-refractivity contribution < 1.29 is 41.0 Å². The van der Waals surface area contributed by atoms with E-state index in [9.17, 15) is 36.2 Å². The van der Waals surface area contributed by atoms with E-state index in [1.54, 1.807) is 31.2 Å². The second kappa shape index (κ2) is 11.4. The lowest BCUT2D eigenvalue weighted by Crippen LogP contribution is -2.21. The molecule has 1 heterocycles. The molecule has 0 fully saturated rings. The molecule has 3 aromatic rings. The Morgan fingerprint density at radius 1 is 0.947 bits per heavy atom. The number of hydrogen-bond donors (Lipinski definition) is 1. The first-order valence-electron chi connectivity index (χ1n) is 11.4. The summed E-state index contributed by atoms with van der Waals surface area (Å²) >= 11 is 0. The lowest BCUT2D eigenvalue weighted by molar-refractivity contribution is -0.143. The Balaban J connectivity index is 2.09. The summed E-state index contributed by atoms with van der Waals surface area (Å²) in [6.07, 6.45) is -10.6. The molecule has 3 rings (SSSR count). The van der Waals surface area contributed by atoms with Crippen LogP contribution < -0.4 is 4.74 Å². The van der Waals surface area contributed by atoms with Crippen LogP contribution in [0.25, 0.3) is 11.3 Å². The number of carboxylic acids is 1. The van der Waals surface area contributed by atoms with Crippen molar-refractivity contribution >= 4 is 5.97 Å². The number of alkyl halides is 6. The maximum absolute atomic E-state index is 13.3. The van der Waals surface area contributed by atoms with E-state index in [-0.39, 0.29) is 54.0 Å². The van der Waals surface area contributed by atoms with Crippen molar-refractivity contribution in [2.24, 2.45) is 0 Å². The molecule has 38 heavy (non-hydrogen) atoms. The first kappa shape index (κ1) is 28.9. The number of nitrogens with zero attached hydrogens (tertiary/aromatic N) is 3. The molecule has 0 aliphatic heterocycles. The minimum atomic E-state index is -5.00. The summed E-state index contributed by atoms with van der Waals surface area (Å²) in [5, 5.41) is 10.0. The van der Waals surface area contributed by atoms with Gasteiger partial charge < -0.3 is 14.7 Å². The fourth-order valence-corrected chi connectivity index (χ4v) is 3.73. The second-order valence-corrected chi connectivity index (χ2v) is 8.86. The third-order valence-electron chi connectivity index (χ3n) is 5.65. The molecule has 2 aromatic carbocycles. The quantitative estimate of drug-likeness (QED) is 0.340. The number of ether oxygens (including phenoxy) is 1. The summed E-state index contributed by atoms with van der Waals surface area (Å²) in [7, 11) is 3.62. The summed E-state index contributed by atoms with van der Waals surface area (Å²) in [5.41, 5.74) is -2.32. The van der Waals surface area contributed by atoms with Crippen molar-refractivity contribution in [2.45, 2.75) is 32.1 Å². The Morgan fingerprint density at radius 3 is 2.08 bits per heavy atom. The molecule has 0 aliphatic rings. The minimum absolute atomic E-state index is 0.0421. The Labute approximate surface area is 214 Å². The van der Waals surface area contributed by atoms with E-state index in [0.717, 1.165) is 0 Å². The van der Waals surface area contributed by atoms with Gasteiger partial charge in [-0.15, -0.1) is 0 Å². The molecule has 0 spiro atoms. The van der Waals surface area contributed by atoms with Crippen LogP contribution in [0, 0.1) is 6.92 Å². The van der Waals surface area contributed by atoms with Crippen LogP contribution >= 0.6 is 0 Å². The number of halogens is 6. The zero-order valence-corrected chi connectivity index (χ0v) is 20.7. The number of likely N-dealkylation sites (N-methyl/N-ethyl adjacent to an activating group) is 1. The molecule has 0 amide bonds. The number of rotatable bonds is 9. The van der Waals surface area contributed by atoms with Gasteiger partial charge in [-0.05, 0) is 63.2 Å². The van der Waals surface area contributed by atoms with E-state index < -0.39 is 29.4 Å². The van der Waals surface area contributed by atoms with Gasteiger partial charge in [-0.2, -0.15) is 36.3 Å². The summed E-state index contributed by atoms with van der Waals surface area (Å²) in [6.45, 7) is 2.40. The molecule has 12 heteroatoms. The number of aromatic nitrogens is 2. The van der Waals surface area contributed by atoms with Crippen LogP contribution in [0.3, 0.4) is 0 Å². The second-order valence-electron chi connectivity index (χ2n) is 8.86. The zero-order valence-electron chi connectivity index (χ0n) is 20.7. The van der Waals surface area contributed by atoms with Crippen LogP contribution in [-0.2, 0) is 25.2 Å². The Hall–Kier alpha value is -3.67. The number of carbonyl (C=O) groups is 1. The van der Waals surface area contributed by atoms with Gasteiger partial charge >= 0.3 is 24.3 Å². The maximum atomic E-state index is 13.3. The molecule has 0 unspecified atom stereocenters. The van der Waals surface area contributed by atoms with Gasteiger partial charge in [0.15, 0.2) is 0 Å². The smallest absolute Gasteiger partial charge is 0.416 e. The topological polar surface area (TPSA) is 75.5 Å². The monoisotopic (exact) mass is 541 g/mol. The standard InChI is InChI=1S/C26H25F6N3O3/c1-15-6-4-5-7-19(15)22-21(23(36)37)20(33-24(34-22)38-11-10-35(2)3)9-8-16-12-17(25(27,28)29)14-18(13-16)26(30,31)32/h4-7,12-14H,8-11H2,1-3H3,(H,36,37). The number of aromatic carboxylic acids is 1. The third kappa shape index (κ3) is 7.21. The molecule has 6 nitrogen and oxygen atoms in total. The normalized spacial score (nSPS) is 12.2. The molecule has 0 atom stereocenters. The predicted octanol–water partition coefficient (Wildman–Crippen LogP) is 5.91. The average Bonchev–Trinajstić information content (AvgIpc) is 2.81. The van der Waals surface area contributed by atoms with Crippen LogP contribution in [0.2, 0.25) is 0 Å².